The van der Waals surface area contributed by atoms with E-state index in [0.29, 0.717) is 23.0 Å². The SMILES string of the molecule is CC(C)CNC(=O)c1ccc(NCCCC(C)(C)C#N)cc1Cl. The summed E-state index contributed by atoms with van der Waals surface area (Å²) >= 11 is 6.20. The highest BCUT2D eigenvalue weighted by atomic mass is 35.5. The molecule has 0 radical (unpaired) electrons. The summed E-state index contributed by atoms with van der Waals surface area (Å²) in [6, 6.07) is 7.65. The third kappa shape index (κ3) is 6.92. The highest BCUT2D eigenvalue weighted by molar-refractivity contribution is 6.34. The molecule has 0 heterocycles. The fourth-order valence-corrected chi connectivity index (χ4v) is 2.29. The second kappa shape index (κ2) is 8.79. The van der Waals surface area contributed by atoms with Gasteiger partial charge in [0.15, 0.2) is 0 Å². The number of nitrogens with zero attached hydrogens (tertiary/aromatic N) is 1. The Labute approximate surface area is 144 Å². The lowest BCUT2D eigenvalue weighted by Gasteiger charge is -2.15. The summed E-state index contributed by atoms with van der Waals surface area (Å²) in [6.07, 6.45) is 1.73. The first-order chi connectivity index (χ1) is 10.7. The van der Waals surface area contributed by atoms with Crippen LogP contribution in [0, 0.1) is 22.7 Å². The van der Waals surface area contributed by atoms with Crippen LogP contribution in [0.4, 0.5) is 5.69 Å². The number of anilines is 1. The molecule has 0 aliphatic carbocycles. The minimum Gasteiger partial charge on any atom is -0.385 e. The lowest BCUT2D eigenvalue weighted by atomic mass is 9.90. The molecule has 0 unspecified atom stereocenters. The van der Waals surface area contributed by atoms with Gasteiger partial charge in [-0.15, -0.1) is 0 Å². The summed E-state index contributed by atoms with van der Waals surface area (Å²) in [7, 11) is 0. The summed E-state index contributed by atoms with van der Waals surface area (Å²) in [4.78, 5) is 12.0. The first-order valence-corrected chi connectivity index (χ1v) is 8.36. The molecule has 0 aromatic heterocycles. The Kier molecular flexibility index (Phi) is 7.38. The molecule has 0 spiro atoms. The van der Waals surface area contributed by atoms with E-state index in [4.69, 9.17) is 16.9 Å². The van der Waals surface area contributed by atoms with Crippen LogP contribution in [0.1, 0.15) is 50.9 Å². The van der Waals surface area contributed by atoms with E-state index in [1.165, 1.54) is 0 Å². The molecule has 4 nitrogen and oxygen atoms in total. The highest BCUT2D eigenvalue weighted by Crippen LogP contribution is 2.23. The van der Waals surface area contributed by atoms with Gasteiger partial charge in [-0.05, 0) is 50.8 Å². The maximum Gasteiger partial charge on any atom is 0.252 e. The molecule has 0 aliphatic heterocycles. The molecule has 0 aliphatic rings. The van der Waals surface area contributed by atoms with Crippen LogP contribution in [-0.4, -0.2) is 19.0 Å². The van der Waals surface area contributed by atoms with E-state index >= 15 is 0 Å². The first kappa shape index (κ1) is 19.3. The van der Waals surface area contributed by atoms with Crippen LogP contribution >= 0.6 is 11.6 Å². The van der Waals surface area contributed by atoms with Crippen LogP contribution in [0.2, 0.25) is 5.02 Å². The number of hydrogen-bond donors (Lipinski definition) is 2. The van der Waals surface area contributed by atoms with Gasteiger partial charge in [0.2, 0.25) is 0 Å². The van der Waals surface area contributed by atoms with Crippen molar-refractivity contribution in [3.05, 3.63) is 28.8 Å². The Morgan fingerprint density at radius 1 is 1.39 bits per heavy atom. The molecule has 0 saturated carbocycles. The molecule has 2 N–H and O–H groups in total. The second-order valence-corrected chi connectivity index (χ2v) is 7.23. The van der Waals surface area contributed by atoms with Gasteiger partial charge in [0.1, 0.15) is 0 Å². The number of rotatable bonds is 8. The quantitative estimate of drug-likeness (QED) is 0.689. The van der Waals surface area contributed by atoms with Crippen molar-refractivity contribution >= 4 is 23.2 Å². The Hall–Kier alpha value is -1.73. The number of benzene rings is 1. The molecule has 0 bridgehead atoms. The van der Waals surface area contributed by atoms with Gasteiger partial charge in [0.05, 0.1) is 22.1 Å². The third-order valence-corrected chi connectivity index (χ3v) is 3.81. The van der Waals surface area contributed by atoms with E-state index in [9.17, 15) is 4.79 Å². The van der Waals surface area contributed by atoms with Gasteiger partial charge in [-0.25, -0.2) is 0 Å². The van der Waals surface area contributed by atoms with Gasteiger partial charge < -0.3 is 10.6 Å². The smallest absolute Gasteiger partial charge is 0.252 e. The van der Waals surface area contributed by atoms with Gasteiger partial charge >= 0.3 is 0 Å². The van der Waals surface area contributed by atoms with E-state index in [1.807, 2.05) is 33.8 Å². The second-order valence-electron chi connectivity index (χ2n) is 6.82. The van der Waals surface area contributed by atoms with Crippen LogP contribution in [0.25, 0.3) is 0 Å². The van der Waals surface area contributed by atoms with Crippen molar-refractivity contribution in [3.63, 3.8) is 0 Å². The summed E-state index contributed by atoms with van der Waals surface area (Å²) in [5.74, 6) is 0.252. The number of nitrogens with one attached hydrogen (secondary N) is 2. The fraction of sp³-hybridized carbons (Fsp3) is 0.556. The van der Waals surface area contributed by atoms with Crippen LogP contribution in [0.3, 0.4) is 0 Å². The largest absolute Gasteiger partial charge is 0.385 e. The molecule has 0 saturated heterocycles. The van der Waals surface area contributed by atoms with Gasteiger partial charge in [0.25, 0.3) is 5.91 Å². The predicted molar refractivity (Wildman–Crippen MR) is 95.7 cm³/mol. The van der Waals surface area contributed by atoms with Crippen molar-refractivity contribution in [1.82, 2.24) is 5.32 Å². The predicted octanol–water partition coefficient (Wildman–Crippen LogP) is 4.47. The Morgan fingerprint density at radius 2 is 2.09 bits per heavy atom. The minimum atomic E-state index is -0.294. The van der Waals surface area contributed by atoms with Gasteiger partial charge in [-0.3, -0.25) is 4.79 Å². The lowest BCUT2D eigenvalue weighted by molar-refractivity contribution is 0.0949. The standard InChI is InChI=1S/C18H26ClN3O/c1-13(2)11-22-17(23)15-7-6-14(10-16(15)19)21-9-5-8-18(3,4)12-20/h6-7,10,13,21H,5,8-9,11H2,1-4H3,(H,22,23). The molecule has 1 aromatic rings. The Morgan fingerprint density at radius 3 is 2.65 bits per heavy atom. The van der Waals surface area contributed by atoms with Crippen molar-refractivity contribution in [2.24, 2.45) is 11.3 Å². The number of nitriles is 1. The third-order valence-electron chi connectivity index (χ3n) is 3.49. The normalized spacial score (nSPS) is 11.2. The monoisotopic (exact) mass is 335 g/mol. The Bertz CT molecular complexity index is 576. The summed E-state index contributed by atoms with van der Waals surface area (Å²) in [5, 5.41) is 15.6. The van der Waals surface area contributed by atoms with E-state index in [1.54, 1.807) is 12.1 Å². The van der Waals surface area contributed by atoms with Crippen LogP contribution in [0.5, 0.6) is 0 Å². The lowest BCUT2D eigenvalue weighted by Crippen LogP contribution is -2.27. The van der Waals surface area contributed by atoms with Crippen LogP contribution < -0.4 is 10.6 Å². The molecule has 0 atom stereocenters. The molecule has 1 amide bonds. The average molecular weight is 336 g/mol. The van der Waals surface area contributed by atoms with Crippen molar-refractivity contribution in [1.29, 1.82) is 5.26 Å². The van der Waals surface area contributed by atoms with Crippen LogP contribution in [-0.2, 0) is 0 Å². The topological polar surface area (TPSA) is 64.9 Å². The molecular weight excluding hydrogens is 310 g/mol. The van der Waals surface area contributed by atoms with Crippen molar-refractivity contribution in [2.45, 2.75) is 40.5 Å². The van der Waals surface area contributed by atoms with Gasteiger partial charge in [-0.2, -0.15) is 5.26 Å². The zero-order valence-electron chi connectivity index (χ0n) is 14.4. The summed E-state index contributed by atoms with van der Waals surface area (Å²) in [6.45, 7) is 9.36. The van der Waals surface area contributed by atoms with Crippen molar-refractivity contribution in [3.8, 4) is 6.07 Å². The van der Waals surface area contributed by atoms with Gasteiger partial charge in [0, 0.05) is 18.8 Å². The molecular formula is C18H26ClN3O. The number of halogens is 1. The number of hydrogen-bond acceptors (Lipinski definition) is 3. The molecule has 5 heteroatoms. The van der Waals surface area contributed by atoms with E-state index in [0.717, 1.165) is 25.1 Å². The fourth-order valence-electron chi connectivity index (χ4n) is 2.02. The summed E-state index contributed by atoms with van der Waals surface area (Å²) in [5.41, 5.74) is 1.08. The maximum absolute atomic E-state index is 12.0. The average Bonchev–Trinajstić information content (AvgIpc) is 2.49. The zero-order valence-corrected chi connectivity index (χ0v) is 15.1. The Balaban J connectivity index is 2.53. The number of carbonyl (C=O) groups excluding carboxylic acids is 1. The molecule has 0 fully saturated rings. The molecule has 23 heavy (non-hydrogen) atoms. The number of carbonyl (C=O) groups is 1. The van der Waals surface area contributed by atoms with E-state index < -0.39 is 0 Å². The van der Waals surface area contributed by atoms with Crippen molar-refractivity contribution in [2.75, 3.05) is 18.4 Å². The number of amides is 1. The minimum absolute atomic E-state index is 0.147. The maximum atomic E-state index is 12.0. The molecule has 1 aromatic carbocycles. The van der Waals surface area contributed by atoms with E-state index in [-0.39, 0.29) is 11.3 Å². The van der Waals surface area contributed by atoms with E-state index in [2.05, 4.69) is 16.7 Å². The summed E-state index contributed by atoms with van der Waals surface area (Å²) < 4.78 is 0. The van der Waals surface area contributed by atoms with Crippen LogP contribution in [0.15, 0.2) is 18.2 Å². The van der Waals surface area contributed by atoms with Gasteiger partial charge in [-0.1, -0.05) is 25.4 Å². The van der Waals surface area contributed by atoms with Crippen molar-refractivity contribution < 1.29 is 4.79 Å². The molecule has 126 valence electrons. The molecule has 1 rings (SSSR count). The highest BCUT2D eigenvalue weighted by Gasteiger charge is 2.15. The first-order valence-electron chi connectivity index (χ1n) is 7.98. The zero-order chi connectivity index (χ0) is 17.5.